The van der Waals surface area contributed by atoms with Crippen molar-refractivity contribution < 1.29 is 14.6 Å². The van der Waals surface area contributed by atoms with Crippen LogP contribution < -0.4 is 10.1 Å². The number of carboxylic acids is 1. The highest BCUT2D eigenvalue weighted by atomic mass is 16.5. The van der Waals surface area contributed by atoms with Crippen molar-refractivity contribution in [3.8, 4) is 5.75 Å². The van der Waals surface area contributed by atoms with Gasteiger partial charge in [0.2, 0.25) is 0 Å². The smallest absolute Gasteiger partial charge is 0.304 e. The SMILES string of the molecule is CCCCNC(CC(=O)O)Cc1ccc(OCC)cc1. The van der Waals surface area contributed by atoms with Gasteiger partial charge in [0.25, 0.3) is 0 Å². The summed E-state index contributed by atoms with van der Waals surface area (Å²) in [7, 11) is 0. The number of aliphatic carboxylic acids is 1. The van der Waals surface area contributed by atoms with Crippen molar-refractivity contribution in [1.29, 1.82) is 0 Å². The van der Waals surface area contributed by atoms with Crippen molar-refractivity contribution in [3.63, 3.8) is 0 Å². The van der Waals surface area contributed by atoms with Gasteiger partial charge in [-0.25, -0.2) is 0 Å². The molecule has 0 bridgehead atoms. The number of carbonyl (C=O) groups is 1. The lowest BCUT2D eigenvalue weighted by molar-refractivity contribution is -0.137. The molecule has 1 aromatic rings. The van der Waals surface area contributed by atoms with Crippen LogP contribution in [0.15, 0.2) is 24.3 Å². The van der Waals surface area contributed by atoms with E-state index in [1.54, 1.807) is 0 Å². The highest BCUT2D eigenvalue weighted by Gasteiger charge is 2.13. The molecule has 1 atom stereocenters. The normalized spacial score (nSPS) is 12.1. The summed E-state index contributed by atoms with van der Waals surface area (Å²) in [5.74, 6) is 0.0925. The molecule has 4 heteroatoms. The zero-order chi connectivity index (χ0) is 14.8. The molecule has 0 amide bonds. The minimum absolute atomic E-state index is 0.0167. The third-order valence-corrected chi connectivity index (χ3v) is 3.10. The Bertz CT molecular complexity index is 389. The Morgan fingerprint density at radius 3 is 2.55 bits per heavy atom. The average molecular weight is 279 g/mol. The first-order chi connectivity index (χ1) is 9.65. The Balaban J connectivity index is 2.55. The van der Waals surface area contributed by atoms with Crippen molar-refractivity contribution in [2.45, 2.75) is 45.6 Å². The summed E-state index contributed by atoms with van der Waals surface area (Å²) < 4.78 is 5.40. The molecule has 0 heterocycles. The molecule has 0 aliphatic rings. The standard InChI is InChI=1S/C16H25NO3/c1-3-5-10-17-14(12-16(18)19)11-13-6-8-15(9-7-13)20-4-2/h6-9,14,17H,3-5,10-12H2,1-2H3,(H,18,19). The van der Waals surface area contributed by atoms with Gasteiger partial charge in [-0.15, -0.1) is 0 Å². The van der Waals surface area contributed by atoms with E-state index >= 15 is 0 Å². The fourth-order valence-electron chi connectivity index (χ4n) is 2.08. The van der Waals surface area contributed by atoms with Gasteiger partial charge in [-0.05, 0) is 44.0 Å². The molecule has 0 aliphatic heterocycles. The van der Waals surface area contributed by atoms with Crippen molar-refractivity contribution in [1.82, 2.24) is 5.32 Å². The van der Waals surface area contributed by atoms with Crippen molar-refractivity contribution in [2.24, 2.45) is 0 Å². The van der Waals surface area contributed by atoms with Gasteiger partial charge in [0.15, 0.2) is 0 Å². The lowest BCUT2D eigenvalue weighted by atomic mass is 10.0. The van der Waals surface area contributed by atoms with E-state index in [1.165, 1.54) is 0 Å². The van der Waals surface area contributed by atoms with Crippen LogP contribution in [-0.4, -0.2) is 30.3 Å². The second-order valence-corrected chi connectivity index (χ2v) is 4.88. The zero-order valence-corrected chi connectivity index (χ0v) is 12.4. The van der Waals surface area contributed by atoms with Crippen LogP contribution in [-0.2, 0) is 11.2 Å². The summed E-state index contributed by atoms with van der Waals surface area (Å²) in [6, 6.07) is 7.85. The predicted molar refractivity (Wildman–Crippen MR) is 80.3 cm³/mol. The molecule has 4 nitrogen and oxygen atoms in total. The number of hydrogen-bond acceptors (Lipinski definition) is 3. The maximum atomic E-state index is 10.9. The molecular weight excluding hydrogens is 254 g/mol. The largest absolute Gasteiger partial charge is 0.494 e. The number of rotatable bonds is 10. The van der Waals surface area contributed by atoms with Crippen molar-refractivity contribution in [3.05, 3.63) is 29.8 Å². The lowest BCUT2D eigenvalue weighted by Gasteiger charge is -2.17. The Morgan fingerprint density at radius 1 is 1.30 bits per heavy atom. The van der Waals surface area contributed by atoms with Crippen LogP contribution in [0.5, 0.6) is 5.75 Å². The van der Waals surface area contributed by atoms with Gasteiger partial charge < -0.3 is 15.2 Å². The topological polar surface area (TPSA) is 58.6 Å². The highest BCUT2D eigenvalue weighted by molar-refractivity contribution is 5.67. The summed E-state index contributed by atoms with van der Waals surface area (Å²) >= 11 is 0. The number of unbranched alkanes of at least 4 members (excludes halogenated alkanes) is 1. The molecule has 0 spiro atoms. The average Bonchev–Trinajstić information content (AvgIpc) is 2.41. The van der Waals surface area contributed by atoms with Crippen molar-refractivity contribution in [2.75, 3.05) is 13.2 Å². The van der Waals surface area contributed by atoms with Gasteiger partial charge in [-0.3, -0.25) is 4.79 Å². The molecule has 20 heavy (non-hydrogen) atoms. The number of hydrogen-bond donors (Lipinski definition) is 2. The van der Waals surface area contributed by atoms with E-state index in [9.17, 15) is 4.79 Å². The summed E-state index contributed by atoms with van der Waals surface area (Å²) in [5, 5.41) is 12.3. The Labute approximate surface area is 121 Å². The quantitative estimate of drug-likeness (QED) is 0.647. The van der Waals surface area contributed by atoms with Crippen LogP contribution in [0.1, 0.15) is 38.7 Å². The molecule has 112 valence electrons. The Morgan fingerprint density at radius 2 is 2.00 bits per heavy atom. The van der Waals surface area contributed by atoms with Crippen LogP contribution in [0, 0.1) is 0 Å². The molecule has 0 aliphatic carbocycles. The summed E-state index contributed by atoms with van der Waals surface area (Å²) in [5.41, 5.74) is 1.13. The summed E-state index contributed by atoms with van der Waals surface area (Å²) in [4.78, 5) is 10.9. The van der Waals surface area contributed by atoms with Crippen LogP contribution in [0.2, 0.25) is 0 Å². The van der Waals surface area contributed by atoms with Gasteiger partial charge in [0, 0.05) is 6.04 Å². The van der Waals surface area contributed by atoms with Gasteiger partial charge >= 0.3 is 5.97 Å². The van der Waals surface area contributed by atoms with E-state index in [-0.39, 0.29) is 12.5 Å². The van der Waals surface area contributed by atoms with E-state index in [2.05, 4.69) is 12.2 Å². The maximum Gasteiger partial charge on any atom is 0.304 e. The van der Waals surface area contributed by atoms with Crippen LogP contribution >= 0.6 is 0 Å². The van der Waals surface area contributed by atoms with Gasteiger partial charge in [0.05, 0.1) is 13.0 Å². The van der Waals surface area contributed by atoms with E-state index in [0.717, 1.165) is 37.1 Å². The van der Waals surface area contributed by atoms with E-state index in [0.29, 0.717) is 6.61 Å². The molecule has 2 N–H and O–H groups in total. The van der Waals surface area contributed by atoms with Crippen molar-refractivity contribution >= 4 is 5.97 Å². The molecule has 0 aromatic heterocycles. The van der Waals surface area contributed by atoms with Gasteiger partial charge in [-0.1, -0.05) is 25.5 Å². The van der Waals surface area contributed by atoms with E-state index < -0.39 is 5.97 Å². The Hall–Kier alpha value is -1.55. The fourth-order valence-corrected chi connectivity index (χ4v) is 2.08. The number of nitrogens with one attached hydrogen (secondary N) is 1. The predicted octanol–water partition coefficient (Wildman–Crippen LogP) is 2.86. The number of ether oxygens (including phenoxy) is 1. The van der Waals surface area contributed by atoms with Crippen LogP contribution in [0.3, 0.4) is 0 Å². The fraction of sp³-hybridized carbons (Fsp3) is 0.562. The first kappa shape index (κ1) is 16.5. The molecule has 0 fully saturated rings. The summed E-state index contributed by atoms with van der Waals surface area (Å²) in [6.07, 6.45) is 3.05. The highest BCUT2D eigenvalue weighted by Crippen LogP contribution is 2.14. The second kappa shape index (κ2) is 9.37. The number of carboxylic acid groups (broad SMARTS) is 1. The van der Waals surface area contributed by atoms with Crippen LogP contribution in [0.4, 0.5) is 0 Å². The van der Waals surface area contributed by atoms with Gasteiger partial charge in [-0.2, -0.15) is 0 Å². The molecule has 1 aromatic carbocycles. The molecule has 1 rings (SSSR count). The molecular formula is C16H25NO3. The second-order valence-electron chi connectivity index (χ2n) is 4.88. The first-order valence-electron chi connectivity index (χ1n) is 7.32. The lowest BCUT2D eigenvalue weighted by Crippen LogP contribution is -2.34. The minimum atomic E-state index is -0.759. The molecule has 1 unspecified atom stereocenters. The maximum absolute atomic E-state index is 10.9. The van der Waals surface area contributed by atoms with E-state index in [1.807, 2.05) is 31.2 Å². The first-order valence-corrected chi connectivity index (χ1v) is 7.32. The monoisotopic (exact) mass is 279 g/mol. The van der Waals surface area contributed by atoms with Gasteiger partial charge in [0.1, 0.15) is 5.75 Å². The molecule has 0 radical (unpaired) electrons. The Kier molecular flexibility index (Phi) is 7.73. The van der Waals surface area contributed by atoms with E-state index in [4.69, 9.17) is 9.84 Å². The zero-order valence-electron chi connectivity index (χ0n) is 12.4. The number of benzene rings is 1. The minimum Gasteiger partial charge on any atom is -0.494 e. The third-order valence-electron chi connectivity index (χ3n) is 3.10. The summed E-state index contributed by atoms with van der Waals surface area (Å²) in [6.45, 7) is 5.60. The molecule has 0 saturated heterocycles. The third kappa shape index (κ3) is 6.57. The van der Waals surface area contributed by atoms with Crippen LogP contribution in [0.25, 0.3) is 0 Å². The molecule has 0 saturated carbocycles.